The van der Waals surface area contributed by atoms with Crippen molar-refractivity contribution < 1.29 is 19.2 Å². The summed E-state index contributed by atoms with van der Waals surface area (Å²) in [6.07, 6.45) is 5.36. The van der Waals surface area contributed by atoms with Gasteiger partial charge in [0.1, 0.15) is 0 Å². The van der Waals surface area contributed by atoms with Crippen molar-refractivity contribution in [3.8, 4) is 0 Å². The third-order valence-electron chi connectivity index (χ3n) is 6.06. The van der Waals surface area contributed by atoms with Crippen LogP contribution in [0.1, 0.15) is 68.9 Å². The first-order valence-corrected chi connectivity index (χ1v) is 12.6. The van der Waals surface area contributed by atoms with E-state index < -0.39 is 5.97 Å². The number of methoxy groups -OCH3 is 1. The molecule has 192 valence electrons. The first-order chi connectivity index (χ1) is 17.4. The Hall–Kier alpha value is -3.45. The van der Waals surface area contributed by atoms with Gasteiger partial charge in [-0.3, -0.25) is 15.0 Å². The lowest BCUT2D eigenvalue weighted by atomic mass is 9.86. The summed E-state index contributed by atoms with van der Waals surface area (Å²) in [5, 5.41) is 7.39. The first-order valence-electron chi connectivity index (χ1n) is 12.6. The number of allylic oxidation sites excluding steroid dienone is 1. The van der Waals surface area contributed by atoms with Crippen molar-refractivity contribution in [2.75, 3.05) is 18.6 Å². The lowest BCUT2D eigenvalue weighted by Gasteiger charge is -2.43. The molecule has 2 aliphatic rings. The zero-order valence-electron chi connectivity index (χ0n) is 21.9. The molecule has 36 heavy (non-hydrogen) atoms. The number of hydrogen-bond donors (Lipinski definition) is 1. The minimum atomic E-state index is -0.415. The van der Waals surface area contributed by atoms with Gasteiger partial charge in [0.25, 0.3) is 5.91 Å². The van der Waals surface area contributed by atoms with E-state index in [1.807, 2.05) is 51.1 Å². The number of carbonyl (C=O) groups excluding carboxylic acids is 2. The molecule has 2 atom stereocenters. The van der Waals surface area contributed by atoms with E-state index >= 15 is 0 Å². The van der Waals surface area contributed by atoms with Crippen molar-refractivity contribution in [1.29, 1.82) is 0 Å². The van der Waals surface area contributed by atoms with Gasteiger partial charge in [0.2, 0.25) is 0 Å². The summed E-state index contributed by atoms with van der Waals surface area (Å²) in [7, 11) is 1.34. The Morgan fingerprint density at radius 3 is 2.31 bits per heavy atom. The van der Waals surface area contributed by atoms with E-state index in [4.69, 9.17) is 9.57 Å². The van der Waals surface area contributed by atoms with E-state index in [9.17, 15) is 9.59 Å². The van der Waals surface area contributed by atoms with Crippen LogP contribution in [0.25, 0.3) is 0 Å². The van der Waals surface area contributed by atoms with Crippen LogP contribution in [0.3, 0.4) is 0 Å². The molecule has 1 amide bonds. The highest BCUT2D eigenvalue weighted by Crippen LogP contribution is 2.43. The third-order valence-corrected chi connectivity index (χ3v) is 6.06. The minimum Gasteiger partial charge on any atom is -0.465 e. The zero-order chi connectivity index (χ0) is 26.1. The van der Waals surface area contributed by atoms with Crippen LogP contribution in [0.4, 0.5) is 5.69 Å². The fraction of sp³-hybridized carbons (Fsp3) is 0.414. The number of ether oxygens (including phenoxy) is 1. The van der Waals surface area contributed by atoms with Crippen LogP contribution in [-0.2, 0) is 14.4 Å². The van der Waals surface area contributed by atoms with E-state index in [0.717, 1.165) is 24.4 Å². The molecular formula is C29H37N3O4. The number of oxime groups is 1. The SMILES string of the molecule is CC1CC1.CCNC(CC)ON=C(C)C=C1C(=O)N(c2ccc(C(=O)OC)cc2)C1c1ccccc1. The fourth-order valence-corrected chi connectivity index (χ4v) is 3.74. The van der Waals surface area contributed by atoms with Crippen LogP contribution < -0.4 is 10.2 Å². The van der Waals surface area contributed by atoms with Crippen molar-refractivity contribution in [3.63, 3.8) is 0 Å². The second kappa shape index (κ2) is 13.0. The molecule has 2 fully saturated rings. The highest BCUT2D eigenvalue weighted by atomic mass is 16.6. The minimum absolute atomic E-state index is 0.113. The number of nitrogens with zero attached hydrogens (tertiary/aromatic N) is 2. The highest BCUT2D eigenvalue weighted by molar-refractivity contribution is 6.18. The summed E-state index contributed by atoms with van der Waals surface area (Å²) in [5.74, 6) is 0.555. The van der Waals surface area contributed by atoms with Gasteiger partial charge in [-0.2, -0.15) is 0 Å². The summed E-state index contributed by atoms with van der Waals surface area (Å²) in [6.45, 7) is 8.90. The van der Waals surface area contributed by atoms with Crippen LogP contribution in [0, 0.1) is 5.92 Å². The number of amides is 1. The second-order valence-corrected chi connectivity index (χ2v) is 9.10. The number of β-lactam (4-membered cyclic amide) rings is 1. The quantitative estimate of drug-likeness (QED) is 0.123. The van der Waals surface area contributed by atoms with E-state index in [0.29, 0.717) is 22.5 Å². The van der Waals surface area contributed by atoms with Crippen molar-refractivity contribution in [1.82, 2.24) is 5.32 Å². The Bertz CT molecular complexity index is 1080. The monoisotopic (exact) mass is 491 g/mol. The van der Waals surface area contributed by atoms with Crippen molar-refractivity contribution in [2.45, 2.75) is 59.2 Å². The number of benzene rings is 2. The highest BCUT2D eigenvalue weighted by Gasteiger charge is 2.44. The molecule has 7 nitrogen and oxygen atoms in total. The zero-order valence-corrected chi connectivity index (χ0v) is 21.9. The Kier molecular flexibility index (Phi) is 9.82. The van der Waals surface area contributed by atoms with Gasteiger partial charge in [-0.1, -0.05) is 69.1 Å². The normalized spacial score (nSPS) is 19.2. The Morgan fingerprint density at radius 2 is 1.78 bits per heavy atom. The molecular weight excluding hydrogens is 454 g/mol. The fourth-order valence-electron chi connectivity index (χ4n) is 3.74. The molecule has 2 aromatic rings. The van der Waals surface area contributed by atoms with E-state index in [1.54, 1.807) is 35.2 Å². The second-order valence-electron chi connectivity index (χ2n) is 9.10. The summed E-state index contributed by atoms with van der Waals surface area (Å²) < 4.78 is 4.75. The molecule has 0 aromatic heterocycles. The third kappa shape index (κ3) is 7.04. The average molecular weight is 492 g/mol. The van der Waals surface area contributed by atoms with Gasteiger partial charge < -0.3 is 9.57 Å². The molecule has 1 heterocycles. The number of anilines is 1. The van der Waals surface area contributed by atoms with E-state index in [1.165, 1.54) is 20.0 Å². The number of hydrogen-bond acceptors (Lipinski definition) is 6. The summed E-state index contributed by atoms with van der Waals surface area (Å²) >= 11 is 0. The van der Waals surface area contributed by atoms with Crippen molar-refractivity contribution >= 4 is 23.3 Å². The molecule has 0 bridgehead atoms. The number of nitrogens with one attached hydrogen (secondary N) is 1. The molecule has 7 heteroatoms. The molecule has 4 rings (SSSR count). The van der Waals surface area contributed by atoms with Gasteiger partial charge in [-0.15, -0.1) is 0 Å². The molecule has 1 aliphatic carbocycles. The Labute approximate surface area is 214 Å². The lowest BCUT2D eigenvalue weighted by molar-refractivity contribution is -0.119. The van der Waals surface area contributed by atoms with Crippen molar-refractivity contribution in [2.24, 2.45) is 11.1 Å². The molecule has 0 radical (unpaired) electrons. The van der Waals surface area contributed by atoms with Crippen LogP contribution >= 0.6 is 0 Å². The van der Waals surface area contributed by atoms with Crippen LogP contribution in [0.15, 0.2) is 71.4 Å². The first kappa shape index (κ1) is 27.1. The van der Waals surface area contributed by atoms with Gasteiger partial charge in [-0.05, 0) is 61.7 Å². The molecule has 2 unspecified atom stereocenters. The van der Waals surface area contributed by atoms with Crippen LogP contribution in [-0.4, -0.2) is 37.5 Å². The molecule has 1 saturated heterocycles. The number of esters is 1. The van der Waals surface area contributed by atoms with Gasteiger partial charge in [0.05, 0.1) is 24.4 Å². The van der Waals surface area contributed by atoms with Gasteiger partial charge in [-0.25, -0.2) is 4.79 Å². The predicted octanol–water partition coefficient (Wildman–Crippen LogP) is 5.64. The van der Waals surface area contributed by atoms with E-state index in [2.05, 4.69) is 17.4 Å². The van der Waals surface area contributed by atoms with Crippen molar-refractivity contribution in [3.05, 3.63) is 77.4 Å². The topological polar surface area (TPSA) is 80.2 Å². The van der Waals surface area contributed by atoms with Gasteiger partial charge in [0.15, 0.2) is 6.23 Å². The lowest BCUT2D eigenvalue weighted by Crippen LogP contribution is -2.49. The van der Waals surface area contributed by atoms with Gasteiger partial charge in [0, 0.05) is 11.3 Å². The van der Waals surface area contributed by atoms with Crippen LogP contribution in [0.5, 0.6) is 0 Å². The average Bonchev–Trinajstić information content (AvgIpc) is 3.70. The number of carbonyl (C=O) groups is 2. The molecule has 2 aromatic carbocycles. The maximum Gasteiger partial charge on any atom is 0.337 e. The molecule has 1 aliphatic heterocycles. The Morgan fingerprint density at radius 1 is 1.14 bits per heavy atom. The standard InChI is InChI=1S/C25H29N3O4.C4H8/c1-5-22(26-6-2)32-27-17(3)16-21-23(18-10-8-7-9-11-18)28(24(21)29)20-14-12-19(13-15-20)25(30)31-4;1-4-2-3-4/h7-16,22-23,26H,5-6H2,1-4H3;4H,2-3H2,1H3. The molecule has 0 spiro atoms. The number of rotatable bonds is 9. The Balaban J connectivity index is 0.000000819. The maximum absolute atomic E-state index is 13.1. The van der Waals surface area contributed by atoms with Crippen LogP contribution in [0.2, 0.25) is 0 Å². The largest absolute Gasteiger partial charge is 0.465 e. The maximum atomic E-state index is 13.1. The summed E-state index contributed by atoms with van der Waals surface area (Å²) in [4.78, 5) is 32.1. The smallest absolute Gasteiger partial charge is 0.337 e. The molecule has 1 saturated carbocycles. The predicted molar refractivity (Wildman–Crippen MR) is 143 cm³/mol. The van der Waals surface area contributed by atoms with E-state index in [-0.39, 0.29) is 18.2 Å². The summed E-state index contributed by atoms with van der Waals surface area (Å²) in [6, 6.07) is 16.4. The summed E-state index contributed by atoms with van der Waals surface area (Å²) in [5.41, 5.74) is 3.38. The molecule has 1 N–H and O–H groups in total. The van der Waals surface area contributed by atoms with Gasteiger partial charge >= 0.3 is 5.97 Å².